The highest BCUT2D eigenvalue weighted by atomic mass is 16.1. The van der Waals surface area contributed by atoms with Crippen LogP contribution in [-0.2, 0) is 11.8 Å². The van der Waals surface area contributed by atoms with Crippen LogP contribution in [0.25, 0.3) is 12.2 Å². The van der Waals surface area contributed by atoms with E-state index in [-0.39, 0.29) is 22.2 Å². The number of rotatable bonds is 0. The van der Waals surface area contributed by atoms with Crippen LogP contribution in [0.1, 0.15) is 41.5 Å². The third kappa shape index (κ3) is 3.03. The number of nitrogens with one attached hydrogen (secondary N) is 1. The Hall–Kier alpha value is -2.10. The van der Waals surface area contributed by atoms with E-state index >= 15 is 0 Å². The number of aryl methyl sites for hydroxylation is 1. The first-order chi connectivity index (χ1) is 10.3. The molecule has 1 aromatic rings. The fourth-order valence-corrected chi connectivity index (χ4v) is 2.79. The van der Waals surface area contributed by atoms with Crippen molar-refractivity contribution in [3.05, 3.63) is 44.2 Å². The number of carbonyl (C=O) groups excluding carboxylic acids is 1. The quantitative estimate of drug-likeness (QED) is 0.794. The molecule has 0 saturated heterocycles. The summed E-state index contributed by atoms with van der Waals surface area (Å²) in [6.07, 6.45) is 3.69. The Morgan fingerprint density at radius 3 is 1.70 bits per heavy atom. The predicted octanol–water partition coefficient (Wildman–Crippen LogP) is 1.80. The first-order valence-electron chi connectivity index (χ1n) is 7.81. The lowest BCUT2D eigenvalue weighted by molar-refractivity contribution is -0.114. The number of nitrogens with zero attached hydrogens (tertiary/aromatic N) is 1. The van der Waals surface area contributed by atoms with Crippen molar-refractivity contribution in [2.24, 2.45) is 17.9 Å². The maximum Gasteiger partial charge on any atom is 0.274 e. The summed E-state index contributed by atoms with van der Waals surface area (Å²) in [5.74, 6) is 0.0618. The number of carbonyl (C=O) groups is 1. The van der Waals surface area contributed by atoms with Gasteiger partial charge < -0.3 is 0 Å². The zero-order chi connectivity index (χ0) is 17.7. The Labute approximate surface area is 136 Å². The van der Waals surface area contributed by atoms with Crippen molar-refractivity contribution in [3.8, 4) is 0 Å². The van der Waals surface area contributed by atoms with Crippen LogP contribution in [0.5, 0.6) is 0 Å². The summed E-state index contributed by atoms with van der Waals surface area (Å²) in [7, 11) is 1.66. The van der Waals surface area contributed by atoms with E-state index in [1.165, 1.54) is 4.68 Å². The Balaban J connectivity index is 2.95. The largest absolute Gasteiger partial charge is 0.296 e. The summed E-state index contributed by atoms with van der Waals surface area (Å²) in [5.41, 5.74) is 1.48. The van der Waals surface area contributed by atoms with Crippen molar-refractivity contribution in [3.63, 3.8) is 0 Å². The van der Waals surface area contributed by atoms with E-state index < -0.39 is 0 Å². The van der Waals surface area contributed by atoms with E-state index in [9.17, 15) is 9.59 Å². The summed E-state index contributed by atoms with van der Waals surface area (Å²) in [6, 6.07) is 0. The van der Waals surface area contributed by atoms with Gasteiger partial charge in [0.15, 0.2) is 5.78 Å². The van der Waals surface area contributed by atoms with Gasteiger partial charge in [0, 0.05) is 18.2 Å². The van der Waals surface area contributed by atoms with E-state index in [4.69, 9.17) is 0 Å². The van der Waals surface area contributed by atoms with Crippen molar-refractivity contribution in [2.45, 2.75) is 41.5 Å². The first-order valence-corrected chi connectivity index (χ1v) is 7.81. The minimum Gasteiger partial charge on any atom is -0.296 e. The van der Waals surface area contributed by atoms with Crippen LogP contribution in [0.3, 0.4) is 0 Å². The molecule has 0 bridgehead atoms. The zero-order valence-corrected chi connectivity index (χ0v) is 15.1. The molecule has 2 rings (SSSR count). The van der Waals surface area contributed by atoms with Gasteiger partial charge in [-0.05, 0) is 28.6 Å². The molecule has 1 aliphatic rings. The van der Waals surface area contributed by atoms with Crippen molar-refractivity contribution in [2.75, 3.05) is 0 Å². The van der Waals surface area contributed by atoms with Crippen LogP contribution < -0.4 is 16.1 Å². The molecule has 124 valence electrons. The standard InChI is InChI=1S/C19H26N2O2/c1-11-15(17(23)21(8)20-11)12-9-13(18(2,3)4)16(22)14(10-12)19(5,6)7/h9-10,20H,1H2,2-8H3. The number of aromatic nitrogens is 2. The second-order valence-electron chi connectivity index (χ2n) is 8.23. The minimum atomic E-state index is -0.296. The van der Waals surface area contributed by atoms with Gasteiger partial charge in [0.25, 0.3) is 5.56 Å². The second-order valence-corrected chi connectivity index (χ2v) is 8.23. The lowest BCUT2D eigenvalue weighted by Gasteiger charge is -2.31. The lowest BCUT2D eigenvalue weighted by Crippen LogP contribution is -2.37. The lowest BCUT2D eigenvalue weighted by atomic mass is 9.72. The molecule has 0 fully saturated rings. The fraction of sp³-hybridized carbons (Fsp3) is 0.474. The summed E-state index contributed by atoms with van der Waals surface area (Å²) in [5, 5.41) is 4.02. The average Bonchev–Trinajstić information content (AvgIpc) is 2.61. The Morgan fingerprint density at radius 1 is 0.957 bits per heavy atom. The van der Waals surface area contributed by atoms with Crippen LogP contribution in [0, 0.1) is 10.8 Å². The zero-order valence-electron chi connectivity index (χ0n) is 15.1. The first kappa shape index (κ1) is 17.3. The van der Waals surface area contributed by atoms with Crippen molar-refractivity contribution in [1.29, 1.82) is 0 Å². The van der Waals surface area contributed by atoms with Gasteiger partial charge in [-0.15, -0.1) is 0 Å². The molecule has 0 radical (unpaired) electrons. The highest BCUT2D eigenvalue weighted by molar-refractivity contribution is 6.14. The van der Waals surface area contributed by atoms with Crippen molar-refractivity contribution < 1.29 is 4.79 Å². The SMILES string of the molecule is C=c1[nH]n(C)c(=O)c1=C1C=C(C(C)(C)C)C(=O)C(C(C)(C)C)=C1. The molecule has 1 heterocycles. The van der Waals surface area contributed by atoms with E-state index in [0.717, 1.165) is 16.7 Å². The molecule has 4 nitrogen and oxygen atoms in total. The molecule has 1 N–H and O–H groups in total. The summed E-state index contributed by atoms with van der Waals surface area (Å²) in [4.78, 5) is 25.3. The summed E-state index contributed by atoms with van der Waals surface area (Å²) < 4.78 is 1.41. The fourth-order valence-electron chi connectivity index (χ4n) is 2.79. The summed E-state index contributed by atoms with van der Waals surface area (Å²) in [6.45, 7) is 16.0. The molecule has 0 aromatic carbocycles. The number of hydrogen-bond acceptors (Lipinski definition) is 2. The van der Waals surface area contributed by atoms with Crippen LogP contribution in [-0.4, -0.2) is 15.6 Å². The normalized spacial score (nSPS) is 16.5. The van der Waals surface area contributed by atoms with Gasteiger partial charge in [-0.2, -0.15) is 0 Å². The molecule has 1 aliphatic carbocycles. The maximum absolute atomic E-state index is 12.9. The van der Waals surface area contributed by atoms with E-state index in [0.29, 0.717) is 10.6 Å². The monoisotopic (exact) mass is 314 g/mol. The Morgan fingerprint density at radius 2 is 1.39 bits per heavy atom. The summed E-state index contributed by atoms with van der Waals surface area (Å²) >= 11 is 0. The molecule has 0 amide bonds. The maximum atomic E-state index is 12.9. The molecule has 4 heteroatoms. The van der Waals surface area contributed by atoms with Crippen LogP contribution in [0.2, 0.25) is 0 Å². The number of H-pyrrole nitrogens is 1. The Kier molecular flexibility index (Phi) is 3.92. The molecule has 0 unspecified atom stereocenters. The third-order valence-electron chi connectivity index (χ3n) is 4.12. The molecular formula is C19H26N2O2. The predicted molar refractivity (Wildman–Crippen MR) is 94.3 cm³/mol. The number of aromatic amines is 1. The Bertz CT molecular complexity index is 855. The van der Waals surface area contributed by atoms with Gasteiger partial charge >= 0.3 is 0 Å². The molecule has 1 aromatic heterocycles. The number of ketones is 1. The van der Waals surface area contributed by atoms with Crippen LogP contribution in [0.4, 0.5) is 0 Å². The van der Waals surface area contributed by atoms with Gasteiger partial charge in [-0.3, -0.25) is 19.4 Å². The van der Waals surface area contributed by atoms with Gasteiger partial charge in [0.05, 0.1) is 10.6 Å². The van der Waals surface area contributed by atoms with E-state index in [1.54, 1.807) is 7.05 Å². The van der Waals surface area contributed by atoms with Crippen LogP contribution >= 0.6 is 0 Å². The highest BCUT2D eigenvalue weighted by Gasteiger charge is 2.34. The van der Waals surface area contributed by atoms with Gasteiger partial charge in [-0.25, -0.2) is 0 Å². The molecule has 0 saturated carbocycles. The van der Waals surface area contributed by atoms with Gasteiger partial charge in [-0.1, -0.05) is 48.1 Å². The van der Waals surface area contributed by atoms with Crippen molar-refractivity contribution >= 4 is 17.9 Å². The molecule has 0 spiro atoms. The average molecular weight is 314 g/mol. The van der Waals surface area contributed by atoms with Gasteiger partial charge in [0.2, 0.25) is 0 Å². The molecule has 0 atom stereocenters. The number of allylic oxidation sites excluding steroid dienone is 4. The smallest absolute Gasteiger partial charge is 0.274 e. The molecule has 0 aliphatic heterocycles. The molecule has 23 heavy (non-hydrogen) atoms. The minimum absolute atomic E-state index is 0.0618. The van der Waals surface area contributed by atoms with Crippen LogP contribution in [0.15, 0.2) is 28.1 Å². The second kappa shape index (κ2) is 5.22. The van der Waals surface area contributed by atoms with E-state index in [1.807, 2.05) is 53.7 Å². The number of Topliss-reactive ketones (excluding diaryl/α,β-unsaturated/α-hetero) is 1. The highest BCUT2D eigenvalue weighted by Crippen LogP contribution is 2.38. The van der Waals surface area contributed by atoms with Crippen molar-refractivity contribution in [1.82, 2.24) is 9.78 Å². The van der Waals surface area contributed by atoms with Gasteiger partial charge in [0.1, 0.15) is 0 Å². The molecular weight excluding hydrogens is 288 g/mol. The van der Waals surface area contributed by atoms with E-state index in [2.05, 4.69) is 11.7 Å². The topological polar surface area (TPSA) is 54.9 Å². The third-order valence-corrected chi connectivity index (χ3v) is 4.12. The number of hydrogen-bond donors (Lipinski definition) is 1.